The Morgan fingerprint density at radius 3 is 2.80 bits per heavy atom. The number of carbonyl (C=O) groups excluding carboxylic acids is 1. The molecule has 2 rings (SSSR count). The third-order valence-electron chi connectivity index (χ3n) is 2.41. The van der Waals surface area contributed by atoms with Gasteiger partial charge in [-0.05, 0) is 29.8 Å². The first kappa shape index (κ1) is 15.3. The van der Waals surface area contributed by atoms with Crippen molar-refractivity contribution in [3.63, 3.8) is 0 Å². The summed E-state index contributed by atoms with van der Waals surface area (Å²) in [5, 5.41) is 9.68. The van der Waals surface area contributed by atoms with Gasteiger partial charge in [0.1, 0.15) is 10.9 Å². The third kappa shape index (κ3) is 3.32. The number of amides is 1. The second-order valence-corrected chi connectivity index (χ2v) is 6.35. The fraction of sp³-hybridized carbons (Fsp3) is 0.0833. The van der Waals surface area contributed by atoms with Crippen LogP contribution in [0.1, 0.15) is 5.56 Å². The summed E-state index contributed by atoms with van der Waals surface area (Å²) in [6, 6.07) is 4.87. The Labute approximate surface area is 134 Å². The highest BCUT2D eigenvalue weighted by molar-refractivity contribution is 8.26. The molecular formula is C12H7Cl2NO3S2. The van der Waals surface area contributed by atoms with E-state index in [0.717, 1.165) is 16.7 Å². The lowest BCUT2D eigenvalue weighted by atomic mass is 10.2. The Morgan fingerprint density at radius 2 is 2.15 bits per heavy atom. The Hall–Kier alpha value is -1.08. The molecule has 0 bridgehead atoms. The van der Waals surface area contributed by atoms with Crippen molar-refractivity contribution in [1.29, 1.82) is 0 Å². The van der Waals surface area contributed by atoms with E-state index in [0.29, 0.717) is 20.5 Å². The van der Waals surface area contributed by atoms with Gasteiger partial charge in [0.2, 0.25) is 0 Å². The van der Waals surface area contributed by atoms with Crippen LogP contribution in [0.4, 0.5) is 0 Å². The fourth-order valence-corrected chi connectivity index (χ4v) is 3.14. The van der Waals surface area contributed by atoms with Crippen LogP contribution in [0.2, 0.25) is 10.0 Å². The monoisotopic (exact) mass is 347 g/mol. The number of carboxylic acid groups (broad SMARTS) is 1. The summed E-state index contributed by atoms with van der Waals surface area (Å²) in [5.41, 5.74) is 0.579. The van der Waals surface area contributed by atoms with Gasteiger partial charge in [-0.3, -0.25) is 14.5 Å². The first-order valence-electron chi connectivity index (χ1n) is 5.30. The van der Waals surface area contributed by atoms with Crippen molar-refractivity contribution in [2.45, 2.75) is 0 Å². The SMILES string of the molecule is O=C(O)CN1C(=O)/C(=C/c2cc(Cl)ccc2Cl)SC1=S. The number of hydrogen-bond donors (Lipinski definition) is 1. The number of carboxylic acids is 1. The van der Waals surface area contributed by atoms with Gasteiger partial charge in [-0.2, -0.15) is 0 Å². The van der Waals surface area contributed by atoms with E-state index in [2.05, 4.69) is 0 Å². The molecule has 1 aliphatic rings. The maximum atomic E-state index is 12.1. The van der Waals surface area contributed by atoms with Gasteiger partial charge >= 0.3 is 5.97 Å². The Bertz CT molecular complexity index is 646. The molecule has 0 radical (unpaired) electrons. The number of rotatable bonds is 3. The van der Waals surface area contributed by atoms with Crippen LogP contribution in [0.5, 0.6) is 0 Å². The average Bonchev–Trinajstić information content (AvgIpc) is 2.61. The number of carbonyl (C=O) groups is 2. The van der Waals surface area contributed by atoms with Crippen LogP contribution < -0.4 is 0 Å². The van der Waals surface area contributed by atoms with Crippen molar-refractivity contribution >= 4 is 69.5 Å². The molecule has 0 aliphatic carbocycles. The largest absolute Gasteiger partial charge is 0.480 e. The van der Waals surface area contributed by atoms with Crippen molar-refractivity contribution in [1.82, 2.24) is 4.90 Å². The molecule has 1 aliphatic heterocycles. The second kappa shape index (κ2) is 6.13. The predicted molar refractivity (Wildman–Crippen MR) is 84.0 cm³/mol. The normalized spacial score (nSPS) is 17.1. The number of thiocarbonyl (C=S) groups is 1. The Balaban J connectivity index is 2.32. The Kier molecular flexibility index (Phi) is 4.70. The molecule has 1 heterocycles. The standard InChI is InChI=1S/C12H7Cl2NO3S2/c13-7-1-2-8(14)6(3-7)4-9-11(18)15(5-10(16)17)12(19)20-9/h1-4H,5H2,(H,16,17)/b9-4-. The van der Waals surface area contributed by atoms with Gasteiger partial charge in [0, 0.05) is 10.0 Å². The molecule has 0 unspecified atom stereocenters. The molecule has 0 saturated carbocycles. The zero-order chi connectivity index (χ0) is 14.9. The van der Waals surface area contributed by atoms with Crippen molar-refractivity contribution in [2.75, 3.05) is 6.54 Å². The van der Waals surface area contributed by atoms with Gasteiger partial charge in [0.05, 0.1) is 4.91 Å². The minimum absolute atomic E-state index is 0.210. The summed E-state index contributed by atoms with van der Waals surface area (Å²) in [6.45, 7) is -0.453. The molecule has 1 N–H and O–H groups in total. The highest BCUT2D eigenvalue weighted by Crippen LogP contribution is 2.34. The van der Waals surface area contributed by atoms with E-state index in [1.54, 1.807) is 24.3 Å². The summed E-state index contributed by atoms with van der Waals surface area (Å²) in [6.07, 6.45) is 1.55. The van der Waals surface area contributed by atoms with E-state index < -0.39 is 18.4 Å². The molecule has 104 valence electrons. The first-order chi connectivity index (χ1) is 9.38. The summed E-state index contributed by atoms with van der Waals surface area (Å²) in [7, 11) is 0. The fourth-order valence-electron chi connectivity index (χ4n) is 1.54. The lowest BCUT2D eigenvalue weighted by Gasteiger charge is -2.10. The second-order valence-electron chi connectivity index (χ2n) is 3.83. The molecule has 0 aromatic heterocycles. The van der Waals surface area contributed by atoms with E-state index in [1.165, 1.54) is 0 Å². The van der Waals surface area contributed by atoms with Gasteiger partial charge in [-0.1, -0.05) is 47.2 Å². The van der Waals surface area contributed by atoms with Crippen molar-refractivity contribution in [3.05, 3.63) is 38.7 Å². The predicted octanol–water partition coefficient (Wildman–Crippen LogP) is 3.28. The number of hydrogen-bond acceptors (Lipinski definition) is 4. The number of nitrogens with zero attached hydrogens (tertiary/aromatic N) is 1. The van der Waals surface area contributed by atoms with Gasteiger partial charge in [-0.25, -0.2) is 0 Å². The maximum absolute atomic E-state index is 12.1. The molecule has 1 aromatic rings. The van der Waals surface area contributed by atoms with Gasteiger partial charge in [-0.15, -0.1) is 0 Å². The van der Waals surface area contributed by atoms with E-state index in [4.69, 9.17) is 40.5 Å². The van der Waals surface area contributed by atoms with Crippen LogP contribution in [0, 0.1) is 0 Å². The molecule has 1 saturated heterocycles. The van der Waals surface area contributed by atoms with Gasteiger partial charge < -0.3 is 5.11 Å². The molecule has 20 heavy (non-hydrogen) atoms. The lowest BCUT2D eigenvalue weighted by molar-refractivity contribution is -0.140. The van der Waals surface area contributed by atoms with Crippen LogP contribution in [0.15, 0.2) is 23.1 Å². The number of aliphatic carboxylic acids is 1. The van der Waals surface area contributed by atoms with Crippen LogP contribution in [-0.2, 0) is 9.59 Å². The summed E-state index contributed by atoms with van der Waals surface area (Å²) in [4.78, 5) is 24.1. The minimum atomic E-state index is -1.12. The zero-order valence-electron chi connectivity index (χ0n) is 9.80. The van der Waals surface area contributed by atoms with Crippen LogP contribution in [0.3, 0.4) is 0 Å². The smallest absolute Gasteiger partial charge is 0.323 e. The van der Waals surface area contributed by atoms with E-state index in [-0.39, 0.29) is 4.32 Å². The molecule has 0 spiro atoms. The first-order valence-corrected chi connectivity index (χ1v) is 7.29. The number of thioether (sulfide) groups is 1. The van der Waals surface area contributed by atoms with Gasteiger partial charge in [0.15, 0.2) is 0 Å². The Morgan fingerprint density at radius 1 is 1.45 bits per heavy atom. The highest BCUT2D eigenvalue weighted by atomic mass is 35.5. The van der Waals surface area contributed by atoms with Crippen LogP contribution in [0.25, 0.3) is 6.08 Å². The summed E-state index contributed by atoms with van der Waals surface area (Å²) >= 11 is 17.9. The molecular weight excluding hydrogens is 341 g/mol. The van der Waals surface area contributed by atoms with Crippen molar-refractivity contribution < 1.29 is 14.7 Å². The van der Waals surface area contributed by atoms with E-state index in [9.17, 15) is 9.59 Å². The average molecular weight is 348 g/mol. The lowest BCUT2D eigenvalue weighted by Crippen LogP contribution is -2.33. The van der Waals surface area contributed by atoms with E-state index >= 15 is 0 Å². The molecule has 4 nitrogen and oxygen atoms in total. The summed E-state index contributed by atoms with van der Waals surface area (Å²) < 4.78 is 0.210. The van der Waals surface area contributed by atoms with E-state index in [1.807, 2.05) is 0 Å². The minimum Gasteiger partial charge on any atom is -0.480 e. The summed E-state index contributed by atoms with van der Waals surface area (Å²) in [5.74, 6) is -1.57. The highest BCUT2D eigenvalue weighted by Gasteiger charge is 2.33. The maximum Gasteiger partial charge on any atom is 0.323 e. The number of halogens is 2. The zero-order valence-corrected chi connectivity index (χ0v) is 12.9. The number of benzene rings is 1. The third-order valence-corrected chi connectivity index (χ3v) is 4.37. The molecule has 1 amide bonds. The van der Waals surface area contributed by atoms with Crippen LogP contribution >= 0.6 is 47.2 Å². The van der Waals surface area contributed by atoms with Crippen LogP contribution in [-0.4, -0.2) is 32.7 Å². The van der Waals surface area contributed by atoms with Gasteiger partial charge in [0.25, 0.3) is 5.91 Å². The topological polar surface area (TPSA) is 57.6 Å². The quantitative estimate of drug-likeness (QED) is 0.671. The van der Waals surface area contributed by atoms with Crippen molar-refractivity contribution in [3.8, 4) is 0 Å². The molecule has 0 atom stereocenters. The molecule has 1 fully saturated rings. The molecule has 1 aromatic carbocycles. The molecule has 8 heteroatoms. The van der Waals surface area contributed by atoms with Crippen molar-refractivity contribution in [2.24, 2.45) is 0 Å².